The smallest absolute Gasteiger partial charge is 0.143 e. The van der Waals surface area contributed by atoms with Gasteiger partial charge >= 0.3 is 0 Å². The van der Waals surface area contributed by atoms with Crippen LogP contribution >= 0.6 is 0 Å². The Bertz CT molecular complexity index is 1280. The largest absolute Gasteiger partial charge is 0.379 e. The van der Waals surface area contributed by atoms with Crippen LogP contribution in [0.5, 0.6) is 0 Å². The van der Waals surface area contributed by atoms with E-state index in [4.69, 9.17) is 61.6 Å². The summed E-state index contributed by atoms with van der Waals surface area (Å²) in [6, 6.07) is 31.0. The van der Waals surface area contributed by atoms with E-state index in [1.165, 1.54) is 25.7 Å². The molecule has 0 saturated carbocycles. The second-order valence-electron chi connectivity index (χ2n) is 14.4. The molecule has 0 bridgehead atoms. The molecule has 0 aliphatic carbocycles. The Morgan fingerprint density at radius 3 is 0.730 bits per heavy atom. The van der Waals surface area contributed by atoms with Crippen molar-refractivity contribution in [2.75, 3.05) is 165 Å². The van der Waals surface area contributed by atoms with Gasteiger partial charge in [-0.1, -0.05) is 124 Å². The molecule has 0 amide bonds. The lowest BCUT2D eigenvalue weighted by Crippen LogP contribution is -2.34. The van der Waals surface area contributed by atoms with Crippen LogP contribution in [0.1, 0.15) is 55.7 Å². The van der Waals surface area contributed by atoms with Gasteiger partial charge in [0.2, 0.25) is 0 Å². The van der Waals surface area contributed by atoms with Crippen LogP contribution in [0.2, 0.25) is 0 Å². The average molecular weight is 887 g/mol. The number of rotatable bonds is 46. The third-order valence-electron chi connectivity index (χ3n) is 9.57. The van der Waals surface area contributed by atoms with Crippen molar-refractivity contribution >= 4 is 0 Å². The number of hydrogen-bond acceptors (Lipinski definition) is 13. The Balaban J connectivity index is 0.988. The monoisotopic (exact) mass is 887 g/mol. The zero-order valence-corrected chi connectivity index (χ0v) is 38.2. The Kier molecular flexibility index (Phi) is 35.1. The molecule has 13 heteroatoms. The third-order valence-corrected chi connectivity index (χ3v) is 9.57. The van der Waals surface area contributed by atoms with Crippen LogP contribution in [0.15, 0.2) is 91.0 Å². The molecule has 0 aliphatic rings. The lowest BCUT2D eigenvalue weighted by molar-refractivity contribution is -0.0399. The molecule has 0 N–H and O–H groups in total. The topological polar surface area (TPSA) is 120 Å². The summed E-state index contributed by atoms with van der Waals surface area (Å²) in [7, 11) is 0. The third kappa shape index (κ3) is 27.3. The van der Waals surface area contributed by atoms with Crippen molar-refractivity contribution in [2.45, 2.75) is 44.6 Å². The van der Waals surface area contributed by atoms with Crippen LogP contribution in [0.4, 0.5) is 0 Å². The van der Waals surface area contributed by atoms with E-state index in [0.717, 1.165) is 29.7 Å². The standard InChI is InChI=1S/C50H78O13/c1-2-3-4-5-15-22-51-23-24-52-25-26-53-27-28-54-29-30-55-31-32-56-33-34-57-35-36-58-37-38-59-39-40-60-41-42-61-43-44-62-45-46-63-50(47-16-9-6-10-17-47,48-18-11-7-12-19-48)49-20-13-8-14-21-49/h6-14,16-21H,2-5,15,22-46H2,1H3. The average Bonchev–Trinajstić information content (AvgIpc) is 3.33. The molecule has 0 radical (unpaired) electrons. The summed E-state index contributed by atoms with van der Waals surface area (Å²) < 4.78 is 73.7. The highest BCUT2D eigenvalue weighted by Crippen LogP contribution is 2.40. The quantitative estimate of drug-likeness (QED) is 0.0422. The Hall–Kier alpha value is -2.86. The van der Waals surface area contributed by atoms with Crippen molar-refractivity contribution in [2.24, 2.45) is 0 Å². The van der Waals surface area contributed by atoms with E-state index in [1.807, 2.05) is 54.6 Å². The minimum Gasteiger partial charge on any atom is -0.379 e. The molecule has 63 heavy (non-hydrogen) atoms. The number of hydrogen-bond donors (Lipinski definition) is 0. The zero-order chi connectivity index (χ0) is 44.2. The second-order valence-corrected chi connectivity index (χ2v) is 14.4. The number of unbranched alkanes of at least 4 members (excludes halogenated alkanes) is 4. The fraction of sp³-hybridized carbons (Fsp3) is 0.640. The molecule has 13 nitrogen and oxygen atoms in total. The van der Waals surface area contributed by atoms with E-state index in [2.05, 4.69) is 43.3 Å². The predicted molar refractivity (Wildman–Crippen MR) is 244 cm³/mol. The Labute approximate surface area is 378 Å². The first-order chi connectivity index (χ1) is 31.4. The zero-order valence-electron chi connectivity index (χ0n) is 38.2. The van der Waals surface area contributed by atoms with Crippen molar-refractivity contribution in [3.8, 4) is 0 Å². The maximum absolute atomic E-state index is 6.74. The van der Waals surface area contributed by atoms with Gasteiger partial charge in [-0.15, -0.1) is 0 Å². The van der Waals surface area contributed by atoms with E-state index < -0.39 is 5.60 Å². The van der Waals surface area contributed by atoms with Crippen molar-refractivity contribution in [3.63, 3.8) is 0 Å². The van der Waals surface area contributed by atoms with Gasteiger partial charge in [0.1, 0.15) is 5.60 Å². The molecule has 0 unspecified atom stereocenters. The molecule has 356 valence electrons. The SMILES string of the molecule is CCCCCCCOCCOCCOCCOCCOCCOCCOCCOCCOCCOCCOCCOCCOC(c1ccccc1)(c1ccccc1)c1ccccc1. The van der Waals surface area contributed by atoms with Gasteiger partial charge < -0.3 is 61.6 Å². The van der Waals surface area contributed by atoms with Crippen LogP contribution in [-0.2, 0) is 67.2 Å². The van der Waals surface area contributed by atoms with Crippen LogP contribution < -0.4 is 0 Å². The first kappa shape index (κ1) is 54.5. The summed E-state index contributed by atoms with van der Waals surface area (Å²) in [5.74, 6) is 0. The Morgan fingerprint density at radius 1 is 0.254 bits per heavy atom. The van der Waals surface area contributed by atoms with Gasteiger partial charge in [-0.2, -0.15) is 0 Å². The summed E-state index contributed by atoms with van der Waals surface area (Å²) >= 11 is 0. The first-order valence-corrected chi connectivity index (χ1v) is 23.1. The highest BCUT2D eigenvalue weighted by Gasteiger charge is 2.37. The number of ether oxygens (including phenoxy) is 13. The summed E-state index contributed by atoms with van der Waals surface area (Å²) in [5, 5.41) is 0. The summed E-state index contributed by atoms with van der Waals surface area (Å²) in [4.78, 5) is 0. The first-order valence-electron chi connectivity index (χ1n) is 23.1. The van der Waals surface area contributed by atoms with Gasteiger partial charge in [0.15, 0.2) is 0 Å². The van der Waals surface area contributed by atoms with Crippen molar-refractivity contribution in [1.82, 2.24) is 0 Å². The van der Waals surface area contributed by atoms with E-state index >= 15 is 0 Å². The molecule has 0 atom stereocenters. The van der Waals surface area contributed by atoms with Gasteiger partial charge in [0, 0.05) is 6.61 Å². The maximum Gasteiger partial charge on any atom is 0.143 e. The molecule has 3 aromatic carbocycles. The second kappa shape index (κ2) is 40.6. The van der Waals surface area contributed by atoms with Gasteiger partial charge in [-0.3, -0.25) is 0 Å². The summed E-state index contributed by atoms with van der Waals surface area (Å²) in [6.07, 6.45) is 6.26. The molecule has 0 aliphatic heterocycles. The highest BCUT2D eigenvalue weighted by molar-refractivity contribution is 5.47. The lowest BCUT2D eigenvalue weighted by atomic mass is 9.80. The fourth-order valence-corrected chi connectivity index (χ4v) is 6.35. The van der Waals surface area contributed by atoms with Crippen LogP contribution in [-0.4, -0.2) is 165 Å². The van der Waals surface area contributed by atoms with Gasteiger partial charge in [0.25, 0.3) is 0 Å². The van der Waals surface area contributed by atoms with Gasteiger partial charge in [0.05, 0.1) is 159 Å². The lowest BCUT2D eigenvalue weighted by Gasteiger charge is -2.36. The molecule has 3 aromatic rings. The maximum atomic E-state index is 6.74. The van der Waals surface area contributed by atoms with Crippen LogP contribution in [0.25, 0.3) is 0 Å². The minimum atomic E-state index is -0.754. The minimum absolute atomic E-state index is 0.415. The molecule has 0 heterocycles. The molecular formula is C50H78O13. The van der Waals surface area contributed by atoms with Crippen LogP contribution in [0, 0.1) is 0 Å². The fourth-order valence-electron chi connectivity index (χ4n) is 6.35. The summed E-state index contributed by atoms with van der Waals surface area (Å²) in [6.45, 7) is 15.3. The van der Waals surface area contributed by atoms with E-state index in [0.29, 0.717) is 159 Å². The Morgan fingerprint density at radius 2 is 0.476 bits per heavy atom. The molecule has 0 spiro atoms. The van der Waals surface area contributed by atoms with E-state index in [-0.39, 0.29) is 0 Å². The van der Waals surface area contributed by atoms with E-state index in [9.17, 15) is 0 Å². The predicted octanol–water partition coefficient (Wildman–Crippen LogP) is 7.16. The normalized spacial score (nSPS) is 11.8. The molecule has 3 rings (SSSR count). The molecule has 0 fully saturated rings. The molecular weight excluding hydrogens is 809 g/mol. The summed E-state index contributed by atoms with van der Waals surface area (Å²) in [5.41, 5.74) is 2.45. The van der Waals surface area contributed by atoms with Crippen molar-refractivity contribution in [3.05, 3.63) is 108 Å². The van der Waals surface area contributed by atoms with Crippen molar-refractivity contribution < 1.29 is 61.6 Å². The van der Waals surface area contributed by atoms with Crippen molar-refractivity contribution in [1.29, 1.82) is 0 Å². The molecule has 0 saturated heterocycles. The van der Waals surface area contributed by atoms with Crippen LogP contribution in [0.3, 0.4) is 0 Å². The number of benzene rings is 3. The van der Waals surface area contributed by atoms with Gasteiger partial charge in [-0.05, 0) is 23.1 Å². The van der Waals surface area contributed by atoms with Gasteiger partial charge in [-0.25, -0.2) is 0 Å². The highest BCUT2D eigenvalue weighted by atomic mass is 16.6. The van der Waals surface area contributed by atoms with E-state index in [1.54, 1.807) is 0 Å². The molecule has 0 aromatic heterocycles.